The standard InChI is InChI=1S/C16H25N5/c1-3-8-19-16(17-2)20-13-14-7-9-18-15(12-14)21-10-5-4-6-11-21/h3,7,9,12H,1,4-6,8,10-11,13H2,2H3,(H2,17,19,20). The van der Waals surface area contributed by atoms with E-state index in [9.17, 15) is 0 Å². The molecule has 0 atom stereocenters. The summed E-state index contributed by atoms with van der Waals surface area (Å²) < 4.78 is 0. The molecule has 0 bridgehead atoms. The number of aromatic nitrogens is 1. The van der Waals surface area contributed by atoms with Gasteiger partial charge < -0.3 is 15.5 Å². The van der Waals surface area contributed by atoms with Crippen molar-refractivity contribution in [1.82, 2.24) is 15.6 Å². The fourth-order valence-corrected chi connectivity index (χ4v) is 2.44. The lowest BCUT2D eigenvalue weighted by Gasteiger charge is -2.28. The second kappa shape index (κ2) is 8.29. The molecule has 5 nitrogen and oxygen atoms in total. The highest BCUT2D eigenvalue weighted by atomic mass is 15.2. The van der Waals surface area contributed by atoms with Crippen molar-refractivity contribution in [1.29, 1.82) is 0 Å². The molecule has 2 rings (SSSR count). The molecule has 0 aliphatic carbocycles. The van der Waals surface area contributed by atoms with Crippen LogP contribution in [0.4, 0.5) is 5.82 Å². The first-order valence-corrected chi connectivity index (χ1v) is 7.59. The SMILES string of the molecule is C=CCNC(=NC)NCc1ccnc(N2CCCCC2)c1. The maximum absolute atomic E-state index is 4.50. The van der Waals surface area contributed by atoms with Gasteiger partial charge in [0.25, 0.3) is 0 Å². The van der Waals surface area contributed by atoms with E-state index >= 15 is 0 Å². The van der Waals surface area contributed by atoms with Gasteiger partial charge in [0.1, 0.15) is 5.82 Å². The van der Waals surface area contributed by atoms with Gasteiger partial charge in [-0.25, -0.2) is 4.98 Å². The van der Waals surface area contributed by atoms with E-state index in [0.717, 1.165) is 31.4 Å². The zero-order chi connectivity index (χ0) is 14.9. The number of rotatable bonds is 5. The van der Waals surface area contributed by atoms with Crippen LogP contribution in [0, 0.1) is 0 Å². The van der Waals surface area contributed by atoms with Crippen molar-refractivity contribution in [3.05, 3.63) is 36.5 Å². The topological polar surface area (TPSA) is 52.6 Å². The molecule has 0 amide bonds. The smallest absolute Gasteiger partial charge is 0.191 e. The van der Waals surface area contributed by atoms with Gasteiger partial charge in [0.05, 0.1) is 0 Å². The van der Waals surface area contributed by atoms with Crippen LogP contribution in [0.15, 0.2) is 36.0 Å². The summed E-state index contributed by atoms with van der Waals surface area (Å²) in [5.74, 6) is 1.87. The van der Waals surface area contributed by atoms with E-state index in [0.29, 0.717) is 6.54 Å². The monoisotopic (exact) mass is 287 g/mol. The van der Waals surface area contributed by atoms with Crippen LogP contribution in [0.25, 0.3) is 0 Å². The van der Waals surface area contributed by atoms with Crippen molar-refractivity contribution < 1.29 is 0 Å². The third-order valence-corrected chi connectivity index (χ3v) is 3.59. The van der Waals surface area contributed by atoms with Gasteiger partial charge in [0.2, 0.25) is 0 Å². The molecule has 0 aromatic carbocycles. The molecule has 2 heterocycles. The average Bonchev–Trinajstić information content (AvgIpc) is 2.56. The first-order chi connectivity index (χ1) is 10.3. The minimum atomic E-state index is 0.703. The summed E-state index contributed by atoms with van der Waals surface area (Å²) in [6.07, 6.45) is 7.57. The van der Waals surface area contributed by atoms with Gasteiger partial charge >= 0.3 is 0 Å². The lowest BCUT2D eigenvalue weighted by molar-refractivity contribution is 0.573. The van der Waals surface area contributed by atoms with Gasteiger partial charge in [-0.15, -0.1) is 6.58 Å². The van der Waals surface area contributed by atoms with Crippen LogP contribution in [0.1, 0.15) is 24.8 Å². The number of nitrogens with zero attached hydrogens (tertiary/aromatic N) is 3. The number of pyridine rings is 1. The van der Waals surface area contributed by atoms with Crippen molar-refractivity contribution >= 4 is 11.8 Å². The Morgan fingerprint density at radius 3 is 2.90 bits per heavy atom. The fourth-order valence-electron chi connectivity index (χ4n) is 2.44. The summed E-state index contributed by atoms with van der Waals surface area (Å²) >= 11 is 0. The third kappa shape index (κ3) is 4.77. The van der Waals surface area contributed by atoms with Crippen LogP contribution in [0.2, 0.25) is 0 Å². The highest BCUT2D eigenvalue weighted by Gasteiger charge is 2.12. The first kappa shape index (κ1) is 15.4. The Morgan fingerprint density at radius 1 is 1.38 bits per heavy atom. The lowest BCUT2D eigenvalue weighted by Crippen LogP contribution is -2.36. The predicted molar refractivity (Wildman–Crippen MR) is 88.7 cm³/mol. The van der Waals surface area contributed by atoms with E-state index < -0.39 is 0 Å². The zero-order valence-electron chi connectivity index (χ0n) is 12.8. The number of anilines is 1. The normalized spacial score (nSPS) is 15.7. The number of aliphatic imine (C=N–C) groups is 1. The molecule has 0 radical (unpaired) electrons. The van der Waals surface area contributed by atoms with Crippen LogP contribution in [-0.2, 0) is 6.54 Å². The summed E-state index contributed by atoms with van der Waals surface area (Å²) in [6.45, 7) is 7.36. The molecule has 21 heavy (non-hydrogen) atoms. The van der Waals surface area contributed by atoms with Crippen molar-refractivity contribution in [2.24, 2.45) is 4.99 Å². The largest absolute Gasteiger partial charge is 0.357 e. The van der Waals surface area contributed by atoms with Gasteiger partial charge in [-0.3, -0.25) is 4.99 Å². The first-order valence-electron chi connectivity index (χ1n) is 7.59. The van der Waals surface area contributed by atoms with E-state index in [1.165, 1.54) is 24.8 Å². The highest BCUT2D eigenvalue weighted by Crippen LogP contribution is 2.18. The second-order valence-corrected chi connectivity index (χ2v) is 5.17. The van der Waals surface area contributed by atoms with Crippen molar-refractivity contribution in [2.45, 2.75) is 25.8 Å². The summed E-state index contributed by atoms with van der Waals surface area (Å²) in [7, 11) is 1.77. The molecule has 1 aliphatic rings. The fraction of sp³-hybridized carbons (Fsp3) is 0.500. The molecule has 1 aromatic heterocycles. The summed E-state index contributed by atoms with van der Waals surface area (Å²) in [6, 6.07) is 4.21. The minimum absolute atomic E-state index is 0.703. The maximum atomic E-state index is 4.50. The Labute approximate surface area is 127 Å². The van der Waals surface area contributed by atoms with Gasteiger partial charge in [0.15, 0.2) is 5.96 Å². The Kier molecular flexibility index (Phi) is 6.06. The Hall–Kier alpha value is -2.04. The van der Waals surface area contributed by atoms with E-state index in [2.05, 4.69) is 38.2 Å². The van der Waals surface area contributed by atoms with Gasteiger partial charge in [-0.05, 0) is 37.0 Å². The van der Waals surface area contributed by atoms with E-state index in [1.54, 1.807) is 7.05 Å². The molecule has 0 unspecified atom stereocenters. The summed E-state index contributed by atoms with van der Waals surface area (Å²) in [5.41, 5.74) is 1.21. The number of piperidine rings is 1. The number of hydrogen-bond donors (Lipinski definition) is 2. The van der Waals surface area contributed by atoms with Gasteiger partial charge in [0, 0.05) is 39.4 Å². The van der Waals surface area contributed by atoms with Crippen LogP contribution in [-0.4, -0.2) is 37.6 Å². The summed E-state index contributed by atoms with van der Waals surface area (Å²) in [4.78, 5) is 11.0. The Bertz CT molecular complexity index is 477. The van der Waals surface area contributed by atoms with E-state index in [1.807, 2.05) is 18.3 Å². The molecular weight excluding hydrogens is 262 g/mol. The molecule has 5 heteroatoms. The van der Waals surface area contributed by atoms with Crippen molar-refractivity contribution in [3.8, 4) is 0 Å². The molecule has 1 aliphatic heterocycles. The van der Waals surface area contributed by atoms with E-state index in [4.69, 9.17) is 0 Å². The zero-order valence-corrected chi connectivity index (χ0v) is 12.8. The van der Waals surface area contributed by atoms with Crippen molar-refractivity contribution in [2.75, 3.05) is 31.6 Å². The molecule has 2 N–H and O–H groups in total. The average molecular weight is 287 g/mol. The van der Waals surface area contributed by atoms with Gasteiger partial charge in [-0.1, -0.05) is 6.08 Å². The maximum Gasteiger partial charge on any atom is 0.191 e. The Morgan fingerprint density at radius 2 is 2.19 bits per heavy atom. The molecule has 0 spiro atoms. The number of guanidine groups is 1. The van der Waals surface area contributed by atoms with Crippen LogP contribution >= 0.6 is 0 Å². The second-order valence-electron chi connectivity index (χ2n) is 5.17. The third-order valence-electron chi connectivity index (χ3n) is 3.59. The Balaban J connectivity index is 1.92. The molecular formula is C16H25N5. The highest BCUT2D eigenvalue weighted by molar-refractivity contribution is 5.79. The minimum Gasteiger partial charge on any atom is -0.357 e. The lowest BCUT2D eigenvalue weighted by atomic mass is 10.1. The van der Waals surface area contributed by atoms with E-state index in [-0.39, 0.29) is 0 Å². The quantitative estimate of drug-likeness (QED) is 0.493. The van der Waals surface area contributed by atoms with Gasteiger partial charge in [-0.2, -0.15) is 0 Å². The predicted octanol–water partition coefficient (Wildman–Crippen LogP) is 1.92. The molecule has 1 fully saturated rings. The molecule has 1 aromatic rings. The molecule has 114 valence electrons. The number of nitrogens with one attached hydrogen (secondary N) is 2. The van der Waals surface area contributed by atoms with Crippen LogP contribution < -0.4 is 15.5 Å². The van der Waals surface area contributed by atoms with Crippen LogP contribution in [0.3, 0.4) is 0 Å². The molecule has 0 saturated carbocycles. The van der Waals surface area contributed by atoms with Crippen LogP contribution in [0.5, 0.6) is 0 Å². The van der Waals surface area contributed by atoms with Crippen molar-refractivity contribution in [3.63, 3.8) is 0 Å². The summed E-state index contributed by atoms with van der Waals surface area (Å²) in [5, 5.41) is 6.46. The number of hydrogen-bond acceptors (Lipinski definition) is 3. The molecule has 1 saturated heterocycles.